The summed E-state index contributed by atoms with van der Waals surface area (Å²) in [6, 6.07) is 0. The van der Waals surface area contributed by atoms with Crippen molar-refractivity contribution in [2.24, 2.45) is 5.92 Å². The van der Waals surface area contributed by atoms with E-state index in [0.29, 0.717) is 0 Å². The van der Waals surface area contributed by atoms with Crippen LogP contribution in [-0.2, 0) is 14.3 Å². The van der Waals surface area contributed by atoms with E-state index in [9.17, 15) is 9.59 Å². The standard InChI is InChI=1S/C8H14O4/c1-5(2)6(3)11-8(10)12-7(4)9/h5-6H,1-4H3. The van der Waals surface area contributed by atoms with Crippen LogP contribution in [0.2, 0.25) is 0 Å². The summed E-state index contributed by atoms with van der Waals surface area (Å²) >= 11 is 0. The number of ether oxygens (including phenoxy) is 2. The Labute approximate surface area is 71.8 Å². The fourth-order valence-electron chi connectivity index (χ4n) is 0.429. The molecule has 1 atom stereocenters. The van der Waals surface area contributed by atoms with Gasteiger partial charge in [-0.15, -0.1) is 0 Å². The molecule has 70 valence electrons. The van der Waals surface area contributed by atoms with Gasteiger partial charge in [0.05, 0.1) is 0 Å². The molecule has 0 aliphatic heterocycles. The van der Waals surface area contributed by atoms with Gasteiger partial charge in [0.25, 0.3) is 0 Å². The van der Waals surface area contributed by atoms with Crippen LogP contribution in [0.4, 0.5) is 4.79 Å². The molecule has 4 nitrogen and oxygen atoms in total. The first kappa shape index (κ1) is 10.9. The topological polar surface area (TPSA) is 52.6 Å². The predicted octanol–water partition coefficient (Wildman–Crippen LogP) is 1.73. The van der Waals surface area contributed by atoms with E-state index in [0.717, 1.165) is 6.92 Å². The molecule has 0 rings (SSSR count). The Hall–Kier alpha value is -1.06. The third-order valence-electron chi connectivity index (χ3n) is 1.45. The molecule has 0 spiro atoms. The third kappa shape index (κ3) is 4.71. The zero-order chi connectivity index (χ0) is 9.72. The van der Waals surface area contributed by atoms with Gasteiger partial charge >= 0.3 is 12.1 Å². The van der Waals surface area contributed by atoms with Crippen LogP contribution in [0, 0.1) is 5.92 Å². The number of esters is 1. The average molecular weight is 174 g/mol. The summed E-state index contributed by atoms with van der Waals surface area (Å²) in [6.45, 7) is 6.71. The molecule has 0 heterocycles. The van der Waals surface area contributed by atoms with E-state index >= 15 is 0 Å². The highest BCUT2D eigenvalue weighted by Crippen LogP contribution is 2.06. The highest BCUT2D eigenvalue weighted by Gasteiger charge is 2.15. The first-order valence-corrected chi connectivity index (χ1v) is 3.82. The van der Waals surface area contributed by atoms with E-state index in [-0.39, 0.29) is 12.0 Å². The van der Waals surface area contributed by atoms with Crippen molar-refractivity contribution in [1.82, 2.24) is 0 Å². The average Bonchev–Trinajstić information content (AvgIpc) is 1.84. The molecular weight excluding hydrogens is 160 g/mol. The molecule has 0 radical (unpaired) electrons. The quantitative estimate of drug-likeness (QED) is 0.472. The Morgan fingerprint density at radius 3 is 2.00 bits per heavy atom. The van der Waals surface area contributed by atoms with Crippen molar-refractivity contribution >= 4 is 12.1 Å². The molecule has 0 amide bonds. The maximum atomic E-state index is 10.7. The fraction of sp³-hybridized carbons (Fsp3) is 0.750. The van der Waals surface area contributed by atoms with Crippen molar-refractivity contribution in [3.63, 3.8) is 0 Å². The van der Waals surface area contributed by atoms with Crippen molar-refractivity contribution in [3.05, 3.63) is 0 Å². The van der Waals surface area contributed by atoms with Crippen LogP contribution in [0.5, 0.6) is 0 Å². The summed E-state index contributed by atoms with van der Waals surface area (Å²) in [5, 5.41) is 0. The van der Waals surface area contributed by atoms with Gasteiger partial charge in [-0.05, 0) is 12.8 Å². The fourth-order valence-corrected chi connectivity index (χ4v) is 0.429. The molecule has 0 saturated heterocycles. The van der Waals surface area contributed by atoms with Gasteiger partial charge in [0.15, 0.2) is 0 Å². The molecule has 0 fully saturated rings. The van der Waals surface area contributed by atoms with Gasteiger partial charge in [0.1, 0.15) is 6.10 Å². The third-order valence-corrected chi connectivity index (χ3v) is 1.45. The molecule has 0 aliphatic carbocycles. The van der Waals surface area contributed by atoms with Crippen molar-refractivity contribution in [1.29, 1.82) is 0 Å². The number of carbonyl (C=O) groups excluding carboxylic acids is 2. The van der Waals surface area contributed by atoms with Gasteiger partial charge < -0.3 is 9.47 Å². The van der Waals surface area contributed by atoms with Crippen LogP contribution < -0.4 is 0 Å². The minimum absolute atomic E-state index is 0.213. The zero-order valence-electron chi connectivity index (χ0n) is 7.79. The summed E-state index contributed by atoms with van der Waals surface area (Å²) in [7, 11) is 0. The van der Waals surface area contributed by atoms with Crippen LogP contribution in [-0.4, -0.2) is 18.2 Å². The molecule has 0 N–H and O–H groups in total. The molecule has 12 heavy (non-hydrogen) atoms. The SMILES string of the molecule is CC(=O)OC(=O)OC(C)C(C)C. The Bertz CT molecular complexity index is 174. The molecule has 0 bridgehead atoms. The van der Waals surface area contributed by atoms with Crippen molar-refractivity contribution in [2.75, 3.05) is 0 Å². The van der Waals surface area contributed by atoms with Gasteiger partial charge in [-0.3, -0.25) is 4.79 Å². The smallest absolute Gasteiger partial charge is 0.431 e. The maximum Gasteiger partial charge on any atom is 0.516 e. The minimum atomic E-state index is -0.927. The molecule has 0 aromatic carbocycles. The van der Waals surface area contributed by atoms with Gasteiger partial charge in [-0.2, -0.15) is 0 Å². The van der Waals surface area contributed by atoms with Crippen LogP contribution in [0.1, 0.15) is 27.7 Å². The van der Waals surface area contributed by atoms with E-state index in [1.807, 2.05) is 13.8 Å². The summed E-state index contributed by atoms with van der Waals surface area (Å²) in [5.41, 5.74) is 0. The van der Waals surface area contributed by atoms with E-state index in [1.165, 1.54) is 0 Å². The lowest BCUT2D eigenvalue weighted by atomic mass is 10.1. The second-order valence-corrected chi connectivity index (χ2v) is 2.91. The Morgan fingerprint density at radius 1 is 1.17 bits per heavy atom. The first-order chi connectivity index (χ1) is 5.43. The zero-order valence-corrected chi connectivity index (χ0v) is 7.79. The number of hydrogen-bond acceptors (Lipinski definition) is 4. The van der Waals surface area contributed by atoms with Crippen molar-refractivity contribution in [3.8, 4) is 0 Å². The largest absolute Gasteiger partial charge is 0.516 e. The van der Waals surface area contributed by atoms with Gasteiger partial charge in [-0.1, -0.05) is 13.8 Å². The normalized spacial score (nSPS) is 12.4. The Kier molecular flexibility index (Phi) is 4.33. The number of hydrogen-bond donors (Lipinski definition) is 0. The summed E-state index contributed by atoms with van der Waals surface area (Å²) in [4.78, 5) is 21.0. The van der Waals surface area contributed by atoms with E-state index < -0.39 is 12.1 Å². The maximum absolute atomic E-state index is 10.7. The minimum Gasteiger partial charge on any atom is -0.431 e. The van der Waals surface area contributed by atoms with Crippen molar-refractivity contribution in [2.45, 2.75) is 33.8 Å². The highest BCUT2D eigenvalue weighted by atomic mass is 16.7. The molecule has 0 aliphatic rings. The molecule has 0 aromatic heterocycles. The highest BCUT2D eigenvalue weighted by molar-refractivity contribution is 5.79. The van der Waals surface area contributed by atoms with Crippen LogP contribution in [0.15, 0.2) is 0 Å². The van der Waals surface area contributed by atoms with Gasteiger partial charge in [0.2, 0.25) is 0 Å². The summed E-state index contributed by atoms with van der Waals surface area (Å²) in [6.07, 6.45) is -1.17. The lowest BCUT2D eigenvalue weighted by molar-refractivity contribution is -0.138. The second-order valence-electron chi connectivity index (χ2n) is 2.91. The second kappa shape index (κ2) is 4.74. The lowest BCUT2D eigenvalue weighted by Gasteiger charge is -2.14. The van der Waals surface area contributed by atoms with Gasteiger partial charge in [-0.25, -0.2) is 4.79 Å². The Balaban J connectivity index is 3.77. The predicted molar refractivity (Wildman–Crippen MR) is 42.5 cm³/mol. The Morgan fingerprint density at radius 2 is 1.67 bits per heavy atom. The molecule has 1 unspecified atom stereocenters. The molecule has 0 aromatic rings. The number of rotatable bonds is 2. The first-order valence-electron chi connectivity index (χ1n) is 3.82. The van der Waals surface area contributed by atoms with E-state index in [4.69, 9.17) is 4.74 Å². The van der Waals surface area contributed by atoms with E-state index in [2.05, 4.69) is 4.74 Å². The monoisotopic (exact) mass is 174 g/mol. The molecule has 0 saturated carbocycles. The van der Waals surface area contributed by atoms with E-state index in [1.54, 1.807) is 6.92 Å². The lowest BCUT2D eigenvalue weighted by Crippen LogP contribution is -2.22. The van der Waals surface area contributed by atoms with Gasteiger partial charge in [0, 0.05) is 6.92 Å². The molecular formula is C8H14O4. The van der Waals surface area contributed by atoms with Crippen molar-refractivity contribution < 1.29 is 19.1 Å². The summed E-state index contributed by atoms with van der Waals surface area (Å²) in [5.74, 6) is -0.444. The van der Waals surface area contributed by atoms with Crippen LogP contribution in [0.3, 0.4) is 0 Å². The van der Waals surface area contributed by atoms with Crippen LogP contribution >= 0.6 is 0 Å². The molecule has 4 heteroatoms. The van der Waals surface area contributed by atoms with Crippen LogP contribution in [0.25, 0.3) is 0 Å². The summed E-state index contributed by atoms with van der Waals surface area (Å²) < 4.78 is 8.91. The number of carbonyl (C=O) groups is 2.